The summed E-state index contributed by atoms with van der Waals surface area (Å²) in [5.74, 6) is -1.50. The highest BCUT2D eigenvalue weighted by Gasteiger charge is 2.21. The zero-order valence-electron chi connectivity index (χ0n) is 11.0. The molecule has 19 heavy (non-hydrogen) atoms. The van der Waals surface area contributed by atoms with E-state index in [1.807, 2.05) is 0 Å². The molecule has 0 bridgehead atoms. The molecule has 0 aliphatic carbocycles. The number of nitrogens with one attached hydrogen (secondary N) is 1. The molecule has 0 saturated carbocycles. The third-order valence-electron chi connectivity index (χ3n) is 2.51. The number of benzene rings is 1. The number of urea groups is 1. The van der Waals surface area contributed by atoms with Crippen LogP contribution in [0.4, 0.5) is 14.9 Å². The summed E-state index contributed by atoms with van der Waals surface area (Å²) in [4.78, 5) is 24.5. The first-order valence-electron chi connectivity index (χ1n) is 5.34. The van der Waals surface area contributed by atoms with Crippen molar-refractivity contribution in [1.29, 1.82) is 0 Å². The van der Waals surface area contributed by atoms with Crippen molar-refractivity contribution in [2.75, 3.05) is 26.5 Å². The number of carbonyl (C=O) groups excluding carboxylic acids is 2. The molecule has 0 heterocycles. The smallest absolute Gasteiger partial charge is 0.341 e. The average molecular weight is 333 g/mol. The summed E-state index contributed by atoms with van der Waals surface area (Å²) in [5, 5.41) is 2.59. The fraction of sp³-hybridized carbons (Fsp3) is 0.333. The van der Waals surface area contributed by atoms with E-state index < -0.39 is 11.8 Å². The Morgan fingerprint density at radius 2 is 2.00 bits per heavy atom. The molecule has 0 radical (unpaired) electrons. The highest BCUT2D eigenvalue weighted by Crippen LogP contribution is 2.31. The van der Waals surface area contributed by atoms with Crippen LogP contribution in [0.3, 0.4) is 0 Å². The number of hydrogen-bond acceptors (Lipinski definition) is 3. The van der Waals surface area contributed by atoms with Gasteiger partial charge in [-0.15, -0.1) is 0 Å². The van der Waals surface area contributed by atoms with Crippen LogP contribution in [0.5, 0.6) is 0 Å². The molecule has 0 saturated heterocycles. The zero-order chi connectivity index (χ0) is 14.7. The number of methoxy groups -OCH3 is 1. The fourth-order valence-corrected chi connectivity index (χ4v) is 2.06. The van der Waals surface area contributed by atoms with Crippen molar-refractivity contribution in [2.45, 2.75) is 6.92 Å². The number of nitrogens with zero attached hydrogens (tertiary/aromatic N) is 1. The van der Waals surface area contributed by atoms with Gasteiger partial charge in [-0.3, -0.25) is 0 Å². The third kappa shape index (κ3) is 3.23. The number of halogens is 2. The first-order valence-corrected chi connectivity index (χ1v) is 6.14. The largest absolute Gasteiger partial charge is 0.465 e. The molecular formula is C12H14BrFN2O3. The van der Waals surface area contributed by atoms with E-state index >= 15 is 0 Å². The van der Waals surface area contributed by atoms with Gasteiger partial charge in [-0.25, -0.2) is 14.0 Å². The maximum atomic E-state index is 13.8. The molecule has 0 atom stereocenters. The number of anilines is 1. The predicted octanol–water partition coefficient (Wildman–Crippen LogP) is 2.78. The molecule has 1 aromatic rings. The molecule has 104 valence electrons. The van der Waals surface area contributed by atoms with Gasteiger partial charge in [0.15, 0.2) is 0 Å². The Morgan fingerprint density at radius 3 is 2.47 bits per heavy atom. The van der Waals surface area contributed by atoms with Crippen LogP contribution < -0.4 is 5.32 Å². The molecule has 1 rings (SSSR count). The Bertz CT molecular complexity index is 532. The third-order valence-corrected chi connectivity index (χ3v) is 3.13. The topological polar surface area (TPSA) is 58.6 Å². The van der Waals surface area contributed by atoms with Crippen molar-refractivity contribution < 1.29 is 18.7 Å². The summed E-state index contributed by atoms with van der Waals surface area (Å²) in [6.45, 7) is 1.53. The lowest BCUT2D eigenvalue weighted by molar-refractivity contribution is 0.0594. The van der Waals surface area contributed by atoms with Gasteiger partial charge in [0.05, 0.1) is 12.8 Å². The normalized spacial score (nSPS) is 10.0. The van der Waals surface area contributed by atoms with E-state index in [-0.39, 0.29) is 11.6 Å². The number of esters is 1. The number of rotatable bonds is 2. The molecule has 2 amide bonds. The second kappa shape index (κ2) is 6.01. The van der Waals surface area contributed by atoms with Crippen LogP contribution in [-0.2, 0) is 4.74 Å². The number of amides is 2. The van der Waals surface area contributed by atoms with Crippen LogP contribution in [0.25, 0.3) is 0 Å². The maximum absolute atomic E-state index is 13.8. The lowest BCUT2D eigenvalue weighted by atomic mass is 10.1. The Morgan fingerprint density at radius 1 is 1.42 bits per heavy atom. The van der Waals surface area contributed by atoms with Crippen LogP contribution in [0.2, 0.25) is 0 Å². The summed E-state index contributed by atoms with van der Waals surface area (Å²) < 4.78 is 18.7. The van der Waals surface area contributed by atoms with E-state index in [0.29, 0.717) is 15.7 Å². The van der Waals surface area contributed by atoms with Crippen LogP contribution in [-0.4, -0.2) is 38.1 Å². The Hall–Kier alpha value is -1.63. The summed E-state index contributed by atoms with van der Waals surface area (Å²) >= 11 is 3.16. The minimum Gasteiger partial charge on any atom is -0.465 e. The van der Waals surface area contributed by atoms with Crippen molar-refractivity contribution >= 4 is 33.6 Å². The van der Waals surface area contributed by atoms with Crippen molar-refractivity contribution in [3.8, 4) is 0 Å². The van der Waals surface area contributed by atoms with Gasteiger partial charge in [0.2, 0.25) is 0 Å². The Kier molecular flexibility index (Phi) is 4.88. The van der Waals surface area contributed by atoms with E-state index in [9.17, 15) is 14.0 Å². The van der Waals surface area contributed by atoms with Crippen LogP contribution in [0.1, 0.15) is 15.9 Å². The second-order valence-electron chi connectivity index (χ2n) is 4.03. The van der Waals surface area contributed by atoms with E-state index in [2.05, 4.69) is 26.0 Å². The lowest BCUT2D eigenvalue weighted by Gasteiger charge is -2.17. The molecule has 1 aromatic carbocycles. The maximum Gasteiger partial charge on any atom is 0.341 e. The monoisotopic (exact) mass is 332 g/mol. The molecule has 0 fully saturated rings. The lowest BCUT2D eigenvalue weighted by Crippen LogP contribution is -2.28. The molecule has 1 N–H and O–H groups in total. The van der Waals surface area contributed by atoms with Gasteiger partial charge < -0.3 is 15.0 Å². The number of ether oxygens (including phenoxy) is 1. The number of carbonyl (C=O) groups is 2. The van der Waals surface area contributed by atoms with E-state index in [1.165, 1.54) is 18.9 Å². The molecular weight excluding hydrogens is 319 g/mol. The summed E-state index contributed by atoms with van der Waals surface area (Å²) in [7, 11) is 4.31. The quantitative estimate of drug-likeness (QED) is 0.847. The highest BCUT2D eigenvalue weighted by molar-refractivity contribution is 9.10. The Balaban J connectivity index is 3.33. The van der Waals surface area contributed by atoms with Crippen molar-refractivity contribution in [3.63, 3.8) is 0 Å². The van der Waals surface area contributed by atoms with Gasteiger partial charge in [0.1, 0.15) is 11.4 Å². The van der Waals surface area contributed by atoms with Crippen molar-refractivity contribution in [3.05, 3.63) is 27.5 Å². The van der Waals surface area contributed by atoms with Crippen LogP contribution in [0.15, 0.2) is 10.5 Å². The van der Waals surface area contributed by atoms with Gasteiger partial charge in [-0.1, -0.05) is 0 Å². The highest BCUT2D eigenvalue weighted by atomic mass is 79.9. The van der Waals surface area contributed by atoms with Gasteiger partial charge in [-0.2, -0.15) is 0 Å². The van der Waals surface area contributed by atoms with Crippen LogP contribution in [0, 0.1) is 12.7 Å². The van der Waals surface area contributed by atoms with E-state index in [1.54, 1.807) is 14.1 Å². The molecule has 0 spiro atoms. The van der Waals surface area contributed by atoms with Crippen molar-refractivity contribution in [2.24, 2.45) is 0 Å². The predicted molar refractivity (Wildman–Crippen MR) is 72.9 cm³/mol. The van der Waals surface area contributed by atoms with Gasteiger partial charge in [-0.05, 0) is 34.5 Å². The van der Waals surface area contributed by atoms with Gasteiger partial charge in [0, 0.05) is 18.6 Å². The van der Waals surface area contributed by atoms with E-state index in [4.69, 9.17) is 0 Å². The molecule has 0 unspecified atom stereocenters. The number of hydrogen-bond donors (Lipinski definition) is 1. The van der Waals surface area contributed by atoms with Gasteiger partial charge >= 0.3 is 12.0 Å². The summed E-state index contributed by atoms with van der Waals surface area (Å²) in [6, 6.07) is 0.732. The Labute approximate surface area is 118 Å². The summed E-state index contributed by atoms with van der Waals surface area (Å²) in [5.41, 5.74) is 0.439. The minimum atomic E-state index is -0.789. The second-order valence-corrected chi connectivity index (χ2v) is 4.89. The van der Waals surface area contributed by atoms with Crippen LogP contribution >= 0.6 is 15.9 Å². The van der Waals surface area contributed by atoms with E-state index in [0.717, 1.165) is 6.07 Å². The molecule has 0 aliphatic rings. The summed E-state index contributed by atoms with van der Waals surface area (Å²) in [6.07, 6.45) is 0. The molecule has 7 heteroatoms. The first kappa shape index (κ1) is 15.4. The van der Waals surface area contributed by atoms with Crippen molar-refractivity contribution in [1.82, 2.24) is 4.90 Å². The average Bonchev–Trinajstić information content (AvgIpc) is 2.33. The SMILES string of the molecule is COC(=O)c1c(F)cc(Br)c(NC(=O)N(C)C)c1C. The van der Waals surface area contributed by atoms with Gasteiger partial charge in [0.25, 0.3) is 0 Å². The molecule has 5 nitrogen and oxygen atoms in total. The standard InChI is InChI=1S/C12H14BrFN2O3/c1-6-9(11(17)19-4)8(14)5-7(13)10(6)15-12(18)16(2)3/h5H,1-4H3,(H,15,18). The first-order chi connectivity index (χ1) is 8.79. The molecule has 0 aliphatic heterocycles. The molecule has 0 aromatic heterocycles. The fourth-order valence-electron chi connectivity index (χ4n) is 1.46. The zero-order valence-corrected chi connectivity index (χ0v) is 12.6. The minimum absolute atomic E-state index is 0.195.